The first-order valence-electron chi connectivity index (χ1n) is 5.86. The number of nitrogens with two attached hydrogens (primary N) is 1. The summed E-state index contributed by atoms with van der Waals surface area (Å²) >= 11 is 1.48. The van der Waals surface area contributed by atoms with Gasteiger partial charge in [0.15, 0.2) is 5.16 Å². The molecule has 0 spiro atoms. The lowest BCUT2D eigenvalue weighted by atomic mass is 10.2. The van der Waals surface area contributed by atoms with Gasteiger partial charge < -0.3 is 5.73 Å². The second kappa shape index (κ2) is 4.20. The maximum atomic E-state index is 11.7. The lowest BCUT2D eigenvalue weighted by Gasteiger charge is -2.06. The molecule has 0 amide bonds. The van der Waals surface area contributed by atoms with Crippen LogP contribution in [0.2, 0.25) is 0 Å². The molecule has 1 saturated carbocycles. The number of nitrogen functional groups attached to an aromatic ring is 1. The number of nitrogens with zero attached hydrogens (tertiary/aromatic N) is 2. The summed E-state index contributed by atoms with van der Waals surface area (Å²) in [7, 11) is 0. The van der Waals surface area contributed by atoms with Gasteiger partial charge in [0.2, 0.25) is 0 Å². The van der Waals surface area contributed by atoms with E-state index in [-0.39, 0.29) is 5.69 Å². The van der Waals surface area contributed by atoms with E-state index in [0.717, 1.165) is 34.1 Å². The summed E-state index contributed by atoms with van der Waals surface area (Å²) in [6, 6.07) is 6.08. The molecule has 0 radical (unpaired) electrons. The van der Waals surface area contributed by atoms with E-state index in [4.69, 9.17) is 5.73 Å². The summed E-state index contributed by atoms with van der Waals surface area (Å²) in [5.74, 6) is 0. The highest BCUT2D eigenvalue weighted by Gasteiger charge is 2.28. The van der Waals surface area contributed by atoms with Crippen molar-refractivity contribution in [3.63, 3.8) is 0 Å². The smallest absolute Gasteiger partial charge is 0.344 e. The Morgan fingerprint density at radius 3 is 3.00 bits per heavy atom. The van der Waals surface area contributed by atoms with Crippen molar-refractivity contribution in [2.45, 2.75) is 35.9 Å². The van der Waals surface area contributed by atoms with Crippen molar-refractivity contribution in [1.29, 1.82) is 0 Å². The predicted molar refractivity (Wildman–Crippen MR) is 70.8 cm³/mol. The van der Waals surface area contributed by atoms with Crippen LogP contribution in [0.5, 0.6) is 0 Å². The number of hydrogen-bond acceptors (Lipinski definition) is 4. The molecule has 0 bridgehead atoms. The summed E-state index contributed by atoms with van der Waals surface area (Å²) in [6.45, 7) is 2.02. The van der Waals surface area contributed by atoms with E-state index in [2.05, 4.69) is 10.2 Å². The molecule has 18 heavy (non-hydrogen) atoms. The summed E-state index contributed by atoms with van der Waals surface area (Å²) in [4.78, 5) is 12.7. The van der Waals surface area contributed by atoms with Crippen molar-refractivity contribution in [3.8, 4) is 0 Å². The fraction of sp³-hybridized carbons (Fsp3) is 0.333. The van der Waals surface area contributed by atoms with Crippen LogP contribution < -0.4 is 11.4 Å². The first kappa shape index (κ1) is 11.4. The molecule has 0 saturated heterocycles. The molecule has 0 atom stereocenters. The third-order valence-electron chi connectivity index (χ3n) is 3.00. The lowest BCUT2D eigenvalue weighted by Crippen LogP contribution is -2.16. The van der Waals surface area contributed by atoms with E-state index >= 15 is 0 Å². The Kier molecular flexibility index (Phi) is 2.66. The van der Waals surface area contributed by atoms with Crippen molar-refractivity contribution in [3.05, 3.63) is 34.2 Å². The normalized spacial score (nSPS) is 14.9. The van der Waals surface area contributed by atoms with Gasteiger partial charge in [-0.25, -0.2) is 9.89 Å². The molecular formula is C12H14N4OS. The monoisotopic (exact) mass is 262 g/mol. The van der Waals surface area contributed by atoms with Crippen molar-refractivity contribution in [2.24, 2.45) is 0 Å². The molecule has 1 fully saturated rings. The Bertz CT molecular complexity index is 642. The number of rotatable bonds is 3. The van der Waals surface area contributed by atoms with Gasteiger partial charge in [0.1, 0.15) is 0 Å². The van der Waals surface area contributed by atoms with Crippen LogP contribution in [-0.2, 0) is 0 Å². The minimum absolute atomic E-state index is 0.124. The van der Waals surface area contributed by atoms with E-state index in [1.807, 2.05) is 25.1 Å². The van der Waals surface area contributed by atoms with Crippen LogP contribution in [0.15, 0.2) is 33.0 Å². The van der Waals surface area contributed by atoms with Gasteiger partial charge in [0.05, 0.1) is 0 Å². The zero-order valence-corrected chi connectivity index (χ0v) is 10.8. The second-order valence-electron chi connectivity index (χ2n) is 4.54. The number of aromatic amines is 1. The molecule has 0 unspecified atom stereocenters. The number of anilines is 1. The molecule has 1 aliphatic carbocycles. The standard InChI is InChI=1S/C12H14N4OS/c1-7-2-3-8(13)6-10(7)18-12-15-14-11(17)16(12)9-4-5-9/h2-3,6,9H,4-5,13H2,1H3,(H,14,17). The SMILES string of the molecule is Cc1ccc(N)cc1Sc1n[nH]c(=O)n1C1CC1. The van der Waals surface area contributed by atoms with Crippen LogP contribution in [-0.4, -0.2) is 14.8 Å². The quantitative estimate of drug-likeness (QED) is 0.829. The Morgan fingerprint density at radius 2 is 2.28 bits per heavy atom. The van der Waals surface area contributed by atoms with Crippen LogP contribution >= 0.6 is 11.8 Å². The molecular weight excluding hydrogens is 248 g/mol. The van der Waals surface area contributed by atoms with Crippen molar-refractivity contribution >= 4 is 17.4 Å². The molecule has 0 aliphatic heterocycles. The van der Waals surface area contributed by atoms with Crippen LogP contribution in [0.25, 0.3) is 0 Å². The first-order valence-corrected chi connectivity index (χ1v) is 6.67. The van der Waals surface area contributed by atoms with E-state index < -0.39 is 0 Å². The molecule has 3 rings (SSSR count). The van der Waals surface area contributed by atoms with Gasteiger partial charge in [0, 0.05) is 16.6 Å². The van der Waals surface area contributed by atoms with Crippen LogP contribution in [0.4, 0.5) is 5.69 Å². The summed E-state index contributed by atoms with van der Waals surface area (Å²) < 4.78 is 1.74. The summed E-state index contributed by atoms with van der Waals surface area (Å²) in [5.41, 5.74) is 7.52. The first-order chi connectivity index (χ1) is 8.65. The molecule has 94 valence electrons. The summed E-state index contributed by atoms with van der Waals surface area (Å²) in [5, 5.41) is 7.33. The maximum absolute atomic E-state index is 11.7. The Hall–Kier alpha value is -1.69. The zero-order chi connectivity index (χ0) is 12.7. The second-order valence-corrected chi connectivity index (χ2v) is 5.55. The average Bonchev–Trinajstić information content (AvgIpc) is 3.10. The minimum atomic E-state index is -0.124. The third kappa shape index (κ3) is 2.03. The van der Waals surface area contributed by atoms with Crippen molar-refractivity contribution in [2.75, 3.05) is 5.73 Å². The Balaban J connectivity index is 1.97. The van der Waals surface area contributed by atoms with E-state index in [0.29, 0.717) is 6.04 Å². The molecule has 1 aromatic carbocycles. The van der Waals surface area contributed by atoms with Crippen molar-refractivity contribution in [1.82, 2.24) is 14.8 Å². The number of H-pyrrole nitrogens is 1. The minimum Gasteiger partial charge on any atom is -0.399 e. The van der Waals surface area contributed by atoms with Gasteiger partial charge in [-0.3, -0.25) is 4.57 Å². The molecule has 5 nitrogen and oxygen atoms in total. The van der Waals surface area contributed by atoms with Gasteiger partial charge in [-0.05, 0) is 49.2 Å². The topological polar surface area (TPSA) is 76.7 Å². The zero-order valence-electron chi connectivity index (χ0n) is 10.0. The van der Waals surface area contributed by atoms with Gasteiger partial charge in [-0.15, -0.1) is 5.10 Å². The molecule has 1 aromatic heterocycles. The van der Waals surface area contributed by atoms with Gasteiger partial charge in [-0.2, -0.15) is 0 Å². The molecule has 1 heterocycles. The van der Waals surface area contributed by atoms with E-state index in [1.54, 1.807) is 4.57 Å². The highest BCUT2D eigenvalue weighted by atomic mass is 32.2. The molecule has 3 N–H and O–H groups in total. The third-order valence-corrected chi connectivity index (χ3v) is 4.13. The number of nitrogens with one attached hydrogen (secondary N) is 1. The summed E-state index contributed by atoms with van der Waals surface area (Å²) in [6.07, 6.45) is 2.12. The molecule has 6 heteroatoms. The van der Waals surface area contributed by atoms with Gasteiger partial charge >= 0.3 is 5.69 Å². The van der Waals surface area contributed by atoms with Crippen LogP contribution in [0, 0.1) is 6.92 Å². The van der Waals surface area contributed by atoms with E-state index in [9.17, 15) is 4.79 Å². The average molecular weight is 262 g/mol. The Morgan fingerprint density at radius 1 is 1.50 bits per heavy atom. The number of benzene rings is 1. The largest absolute Gasteiger partial charge is 0.399 e. The highest BCUT2D eigenvalue weighted by Crippen LogP contribution is 2.38. The molecule has 1 aliphatic rings. The van der Waals surface area contributed by atoms with Crippen LogP contribution in [0.3, 0.4) is 0 Å². The number of hydrogen-bond donors (Lipinski definition) is 2. The van der Waals surface area contributed by atoms with Gasteiger partial charge in [0.25, 0.3) is 0 Å². The van der Waals surface area contributed by atoms with Crippen LogP contribution in [0.1, 0.15) is 24.4 Å². The Labute approximate surface area is 108 Å². The lowest BCUT2D eigenvalue weighted by molar-refractivity contribution is 0.642. The van der Waals surface area contributed by atoms with Gasteiger partial charge in [-0.1, -0.05) is 6.07 Å². The van der Waals surface area contributed by atoms with Crippen molar-refractivity contribution < 1.29 is 0 Å². The fourth-order valence-corrected chi connectivity index (χ4v) is 2.88. The fourth-order valence-electron chi connectivity index (χ4n) is 1.84. The highest BCUT2D eigenvalue weighted by molar-refractivity contribution is 7.99. The van der Waals surface area contributed by atoms with E-state index in [1.165, 1.54) is 11.8 Å². The number of aromatic nitrogens is 3. The number of aryl methyl sites for hydroxylation is 1. The molecule has 2 aromatic rings. The maximum Gasteiger partial charge on any atom is 0.344 e. The predicted octanol–water partition coefficient (Wildman–Crippen LogP) is 1.95.